The Bertz CT molecular complexity index is 460. The summed E-state index contributed by atoms with van der Waals surface area (Å²) < 4.78 is 4.85. The number of carbonyl (C=O) groups is 1. The molecule has 1 aliphatic heterocycles. The highest BCUT2D eigenvalue weighted by atomic mass is 16.6. The molecule has 1 unspecified atom stereocenters. The molecule has 0 aromatic heterocycles. The van der Waals surface area contributed by atoms with E-state index in [-0.39, 0.29) is 12.1 Å². The summed E-state index contributed by atoms with van der Waals surface area (Å²) >= 11 is 0. The van der Waals surface area contributed by atoms with Gasteiger partial charge in [0.2, 0.25) is 0 Å². The lowest BCUT2D eigenvalue weighted by Gasteiger charge is -2.06. The Labute approximate surface area is 145 Å². The first kappa shape index (κ1) is 22.1. The smallest absolute Gasteiger partial charge is 0.356 e. The number of oxime groups is 1. The maximum Gasteiger partial charge on any atom is 0.356 e. The van der Waals surface area contributed by atoms with E-state index < -0.39 is 0 Å². The van der Waals surface area contributed by atoms with Crippen LogP contribution in [0.2, 0.25) is 0 Å². The van der Waals surface area contributed by atoms with Crippen LogP contribution in [0.25, 0.3) is 0 Å². The second-order valence-electron chi connectivity index (χ2n) is 5.34. The number of hydrogen-bond donors (Lipinski definition) is 1. The molecule has 5 heteroatoms. The summed E-state index contributed by atoms with van der Waals surface area (Å²) in [5.74, 6) is -0.338. The molecule has 24 heavy (non-hydrogen) atoms. The number of esters is 1. The average molecular weight is 337 g/mol. The zero-order valence-corrected chi connectivity index (χ0v) is 15.3. The summed E-state index contributed by atoms with van der Waals surface area (Å²) in [6.45, 7) is 6.42. The Morgan fingerprint density at radius 1 is 1.25 bits per heavy atom. The quantitative estimate of drug-likeness (QED) is 0.632. The molecule has 136 valence electrons. The van der Waals surface area contributed by atoms with E-state index in [4.69, 9.17) is 14.7 Å². The number of aliphatic hydroxyl groups excluding tert-OH is 1. The minimum atomic E-state index is -0.338. The minimum absolute atomic E-state index is 0.0796. The number of benzene rings is 1. The molecule has 0 radical (unpaired) electrons. The van der Waals surface area contributed by atoms with E-state index in [9.17, 15) is 4.79 Å². The van der Waals surface area contributed by atoms with Gasteiger partial charge in [0.15, 0.2) is 5.71 Å². The fourth-order valence-electron chi connectivity index (χ4n) is 2.07. The van der Waals surface area contributed by atoms with Crippen LogP contribution in [-0.4, -0.2) is 36.6 Å². The van der Waals surface area contributed by atoms with Crippen LogP contribution < -0.4 is 0 Å². The van der Waals surface area contributed by atoms with E-state index in [1.54, 1.807) is 6.92 Å². The summed E-state index contributed by atoms with van der Waals surface area (Å²) in [5, 5.41) is 10.8. The minimum Gasteiger partial charge on any atom is -0.461 e. The van der Waals surface area contributed by atoms with Crippen molar-refractivity contribution in [2.45, 2.75) is 59.0 Å². The van der Waals surface area contributed by atoms with Crippen LogP contribution >= 0.6 is 0 Å². The van der Waals surface area contributed by atoms with Gasteiger partial charge in [-0.3, -0.25) is 0 Å². The van der Waals surface area contributed by atoms with Gasteiger partial charge in [0.1, 0.15) is 6.10 Å². The maximum atomic E-state index is 11.3. The second-order valence-corrected chi connectivity index (χ2v) is 5.34. The normalized spacial score (nSPS) is 15.0. The molecule has 0 amide bonds. The Morgan fingerprint density at radius 2 is 1.92 bits per heavy atom. The fourth-order valence-corrected chi connectivity index (χ4v) is 2.07. The van der Waals surface area contributed by atoms with Crippen molar-refractivity contribution in [1.82, 2.24) is 0 Å². The summed E-state index contributed by atoms with van der Waals surface area (Å²) in [4.78, 5) is 16.5. The van der Waals surface area contributed by atoms with Crippen LogP contribution in [0, 0.1) is 6.92 Å². The van der Waals surface area contributed by atoms with Gasteiger partial charge in [-0.05, 0) is 26.7 Å². The van der Waals surface area contributed by atoms with E-state index in [0.29, 0.717) is 18.7 Å². The van der Waals surface area contributed by atoms with Gasteiger partial charge in [-0.25, -0.2) is 4.79 Å². The predicted molar refractivity (Wildman–Crippen MR) is 97.0 cm³/mol. The predicted octanol–water partition coefficient (Wildman–Crippen LogP) is 3.88. The number of ether oxygens (including phenoxy) is 1. The molecule has 0 aliphatic carbocycles. The van der Waals surface area contributed by atoms with Gasteiger partial charge >= 0.3 is 5.97 Å². The molecule has 5 nitrogen and oxygen atoms in total. The Morgan fingerprint density at radius 3 is 2.42 bits per heavy atom. The number of nitrogens with zero attached hydrogens (tertiary/aromatic N) is 1. The molecule has 1 aromatic rings. The Kier molecular flexibility index (Phi) is 13.5. The van der Waals surface area contributed by atoms with E-state index in [1.165, 1.54) is 18.4 Å². The Balaban J connectivity index is 0.000000488. The monoisotopic (exact) mass is 337 g/mol. The van der Waals surface area contributed by atoms with E-state index in [0.717, 1.165) is 20.0 Å². The number of aryl methyl sites for hydroxylation is 1. The summed E-state index contributed by atoms with van der Waals surface area (Å²) in [5.41, 5.74) is 1.75. The lowest BCUT2D eigenvalue weighted by molar-refractivity contribution is -0.135. The van der Waals surface area contributed by atoms with Crippen molar-refractivity contribution >= 4 is 11.7 Å². The van der Waals surface area contributed by atoms with Gasteiger partial charge in [0.25, 0.3) is 0 Å². The molecule has 1 heterocycles. The summed E-state index contributed by atoms with van der Waals surface area (Å²) in [7, 11) is 1.00. The molecule has 1 atom stereocenters. The summed E-state index contributed by atoms with van der Waals surface area (Å²) in [6, 6.07) is 10.3. The van der Waals surface area contributed by atoms with Crippen LogP contribution in [-0.2, 0) is 14.4 Å². The standard InChI is InChI=1S/C11H19NO3.C7H8.CH4O/c1-3-5-6-7-9-8-10(12-15-9)11(13)14-4-2;1-7-5-3-2-4-6-7;1-2/h9H,3-8H2,1-2H3;2-6H,1H3;2H,1H3. The lowest BCUT2D eigenvalue weighted by atomic mass is 10.1. The van der Waals surface area contributed by atoms with Crippen molar-refractivity contribution < 1.29 is 19.5 Å². The van der Waals surface area contributed by atoms with Gasteiger partial charge in [0, 0.05) is 13.5 Å². The molecule has 2 rings (SSSR count). The van der Waals surface area contributed by atoms with Gasteiger partial charge in [0.05, 0.1) is 6.61 Å². The van der Waals surface area contributed by atoms with Gasteiger partial charge in [-0.2, -0.15) is 0 Å². The highest BCUT2D eigenvalue weighted by Crippen LogP contribution is 2.17. The molecule has 1 N–H and O–H groups in total. The fraction of sp³-hybridized carbons (Fsp3) is 0.579. The number of rotatable bonds is 6. The van der Waals surface area contributed by atoms with Crippen molar-refractivity contribution in [3.63, 3.8) is 0 Å². The first-order valence-corrected chi connectivity index (χ1v) is 8.53. The van der Waals surface area contributed by atoms with Crippen LogP contribution in [0.5, 0.6) is 0 Å². The highest BCUT2D eigenvalue weighted by Gasteiger charge is 2.26. The van der Waals surface area contributed by atoms with Crippen molar-refractivity contribution in [1.29, 1.82) is 0 Å². The van der Waals surface area contributed by atoms with Crippen LogP contribution in [0.15, 0.2) is 35.5 Å². The van der Waals surface area contributed by atoms with E-state index in [1.807, 2.05) is 18.2 Å². The lowest BCUT2D eigenvalue weighted by Crippen LogP contribution is -2.18. The molecule has 0 bridgehead atoms. The third-order valence-corrected chi connectivity index (χ3v) is 3.31. The maximum absolute atomic E-state index is 11.3. The average Bonchev–Trinajstić information content (AvgIpc) is 3.08. The van der Waals surface area contributed by atoms with Crippen molar-refractivity contribution in [2.24, 2.45) is 5.16 Å². The molecule has 0 saturated carbocycles. The van der Waals surface area contributed by atoms with Crippen molar-refractivity contribution in [2.75, 3.05) is 13.7 Å². The first-order chi connectivity index (χ1) is 11.7. The van der Waals surface area contributed by atoms with Gasteiger partial charge in [-0.1, -0.05) is 60.8 Å². The highest BCUT2D eigenvalue weighted by molar-refractivity contribution is 6.36. The largest absolute Gasteiger partial charge is 0.461 e. The summed E-state index contributed by atoms with van der Waals surface area (Å²) in [6.07, 6.45) is 5.18. The number of aliphatic hydroxyl groups is 1. The van der Waals surface area contributed by atoms with Crippen LogP contribution in [0.1, 0.15) is 51.5 Å². The number of carbonyl (C=O) groups excluding carboxylic acids is 1. The third kappa shape index (κ3) is 10.0. The Hall–Kier alpha value is -1.88. The number of hydrogen-bond acceptors (Lipinski definition) is 5. The van der Waals surface area contributed by atoms with Crippen molar-refractivity contribution in [3.8, 4) is 0 Å². The third-order valence-electron chi connectivity index (χ3n) is 3.31. The molecule has 1 aliphatic rings. The topological polar surface area (TPSA) is 68.1 Å². The molecule has 0 fully saturated rings. The SMILES string of the molecule is CCCCCC1CC(C(=O)OCC)=NO1.CO.Cc1ccccc1. The van der Waals surface area contributed by atoms with Gasteiger partial charge < -0.3 is 14.7 Å². The molecule has 0 saturated heterocycles. The molecule has 1 aromatic carbocycles. The van der Waals surface area contributed by atoms with E-state index >= 15 is 0 Å². The van der Waals surface area contributed by atoms with Crippen molar-refractivity contribution in [3.05, 3.63) is 35.9 Å². The first-order valence-electron chi connectivity index (χ1n) is 8.53. The van der Waals surface area contributed by atoms with Gasteiger partial charge in [-0.15, -0.1) is 0 Å². The van der Waals surface area contributed by atoms with E-state index in [2.05, 4.69) is 31.1 Å². The molecule has 0 spiro atoms. The molecular weight excluding hydrogens is 306 g/mol. The number of unbranched alkanes of at least 4 members (excludes halogenated alkanes) is 2. The molecular formula is C19H31NO4. The zero-order chi connectivity index (χ0) is 18.2. The zero-order valence-electron chi connectivity index (χ0n) is 15.3. The van der Waals surface area contributed by atoms with Crippen LogP contribution in [0.3, 0.4) is 0 Å². The second kappa shape index (κ2) is 14.7. The van der Waals surface area contributed by atoms with Crippen LogP contribution in [0.4, 0.5) is 0 Å².